The number of rotatable bonds is 7. The summed E-state index contributed by atoms with van der Waals surface area (Å²) in [5.74, 6) is 0.404. The highest BCUT2D eigenvalue weighted by atomic mass is 16.3. The molecule has 0 aliphatic rings. The van der Waals surface area contributed by atoms with Crippen LogP contribution in [-0.2, 0) is 13.6 Å². The fraction of sp³-hybridized carbons (Fsp3) is 0.750. The maximum Gasteiger partial charge on any atom is 0.0692 e. The average molecular weight is 225 g/mol. The molecule has 4 heteroatoms. The van der Waals surface area contributed by atoms with Gasteiger partial charge in [0.15, 0.2) is 0 Å². The molecular formula is C12H23N3O. The third-order valence-electron chi connectivity index (χ3n) is 3.03. The van der Waals surface area contributed by atoms with Crippen molar-refractivity contribution in [1.82, 2.24) is 15.1 Å². The molecule has 1 aromatic rings. The van der Waals surface area contributed by atoms with Crippen LogP contribution in [0, 0.1) is 5.92 Å². The third kappa shape index (κ3) is 3.94. The number of aryl methyl sites for hydroxylation is 1. The molecule has 1 atom stereocenters. The quantitative estimate of drug-likeness (QED) is 0.735. The van der Waals surface area contributed by atoms with Gasteiger partial charge in [0.05, 0.1) is 12.3 Å². The van der Waals surface area contributed by atoms with Crippen molar-refractivity contribution in [3.8, 4) is 0 Å². The normalized spacial score (nSPS) is 13.3. The van der Waals surface area contributed by atoms with Crippen molar-refractivity contribution in [2.75, 3.05) is 6.54 Å². The van der Waals surface area contributed by atoms with Gasteiger partial charge in [0.2, 0.25) is 0 Å². The van der Waals surface area contributed by atoms with Crippen LogP contribution in [0.5, 0.6) is 0 Å². The van der Waals surface area contributed by atoms with E-state index in [0.717, 1.165) is 24.9 Å². The van der Waals surface area contributed by atoms with Gasteiger partial charge in [-0.2, -0.15) is 5.10 Å². The maximum atomic E-state index is 9.91. The second kappa shape index (κ2) is 6.66. The molecule has 0 saturated heterocycles. The summed E-state index contributed by atoms with van der Waals surface area (Å²) >= 11 is 0. The van der Waals surface area contributed by atoms with Gasteiger partial charge >= 0.3 is 0 Å². The first-order chi connectivity index (χ1) is 7.67. The first-order valence-corrected chi connectivity index (χ1v) is 6.03. The van der Waals surface area contributed by atoms with Crippen molar-refractivity contribution in [3.63, 3.8) is 0 Å². The minimum atomic E-state index is -0.244. The number of nitrogens with one attached hydrogen (secondary N) is 1. The Morgan fingerprint density at radius 2 is 2.12 bits per heavy atom. The summed E-state index contributed by atoms with van der Waals surface area (Å²) in [6, 6.07) is 0. The molecular weight excluding hydrogens is 202 g/mol. The van der Waals surface area contributed by atoms with E-state index in [2.05, 4.69) is 24.3 Å². The fourth-order valence-electron chi connectivity index (χ4n) is 1.93. The van der Waals surface area contributed by atoms with Crippen molar-refractivity contribution >= 4 is 0 Å². The Bertz CT molecular complexity index is 294. The summed E-state index contributed by atoms with van der Waals surface area (Å²) in [6.45, 7) is 5.67. The van der Waals surface area contributed by atoms with Crippen molar-refractivity contribution in [3.05, 3.63) is 18.0 Å². The zero-order chi connectivity index (χ0) is 12.0. The van der Waals surface area contributed by atoms with Crippen LogP contribution in [0.3, 0.4) is 0 Å². The number of aliphatic hydroxyl groups excluding tert-OH is 1. The second-order valence-electron chi connectivity index (χ2n) is 4.30. The van der Waals surface area contributed by atoms with E-state index in [0.29, 0.717) is 12.5 Å². The number of hydrogen-bond donors (Lipinski definition) is 2. The molecule has 0 aliphatic heterocycles. The molecule has 0 amide bonds. The van der Waals surface area contributed by atoms with Gasteiger partial charge in [0, 0.05) is 31.9 Å². The Balaban J connectivity index is 2.24. The molecule has 1 aromatic heterocycles. The Labute approximate surface area is 97.7 Å². The van der Waals surface area contributed by atoms with Gasteiger partial charge in [-0.05, 0) is 5.92 Å². The lowest BCUT2D eigenvalue weighted by molar-refractivity contribution is 0.101. The zero-order valence-electron chi connectivity index (χ0n) is 10.5. The van der Waals surface area contributed by atoms with Crippen molar-refractivity contribution in [2.45, 2.75) is 39.3 Å². The molecule has 0 saturated carbocycles. The smallest absolute Gasteiger partial charge is 0.0692 e. The Hall–Kier alpha value is -0.870. The van der Waals surface area contributed by atoms with Crippen LogP contribution in [0.25, 0.3) is 0 Å². The van der Waals surface area contributed by atoms with Gasteiger partial charge in [-0.1, -0.05) is 26.7 Å². The van der Waals surface area contributed by atoms with Gasteiger partial charge in [0.25, 0.3) is 0 Å². The van der Waals surface area contributed by atoms with Gasteiger partial charge < -0.3 is 10.4 Å². The van der Waals surface area contributed by atoms with Gasteiger partial charge in [-0.15, -0.1) is 0 Å². The van der Waals surface area contributed by atoms with Crippen molar-refractivity contribution in [2.24, 2.45) is 13.0 Å². The van der Waals surface area contributed by atoms with E-state index in [1.54, 1.807) is 4.68 Å². The van der Waals surface area contributed by atoms with Crippen LogP contribution in [0.1, 0.15) is 32.3 Å². The first-order valence-electron chi connectivity index (χ1n) is 6.03. The van der Waals surface area contributed by atoms with E-state index < -0.39 is 0 Å². The highest BCUT2D eigenvalue weighted by molar-refractivity contribution is 5.02. The monoisotopic (exact) mass is 225 g/mol. The lowest BCUT2D eigenvalue weighted by Crippen LogP contribution is -2.32. The Morgan fingerprint density at radius 1 is 1.44 bits per heavy atom. The minimum absolute atomic E-state index is 0.244. The van der Waals surface area contributed by atoms with E-state index in [1.807, 2.05) is 19.4 Å². The molecule has 1 unspecified atom stereocenters. The van der Waals surface area contributed by atoms with Gasteiger partial charge in [-0.3, -0.25) is 4.68 Å². The number of nitrogens with zero attached hydrogens (tertiary/aromatic N) is 2. The SMILES string of the molecule is CCC(CC)C(O)CNCc1cnn(C)c1. The van der Waals surface area contributed by atoms with Gasteiger partial charge in [-0.25, -0.2) is 0 Å². The van der Waals surface area contributed by atoms with E-state index in [-0.39, 0.29) is 6.10 Å². The molecule has 1 rings (SSSR count). The molecule has 0 spiro atoms. The standard InChI is InChI=1S/C12H23N3O/c1-4-11(5-2)12(16)8-13-6-10-7-14-15(3)9-10/h7,9,11-13,16H,4-6,8H2,1-3H3. The minimum Gasteiger partial charge on any atom is -0.392 e. The van der Waals surface area contributed by atoms with E-state index in [4.69, 9.17) is 0 Å². The fourth-order valence-corrected chi connectivity index (χ4v) is 1.93. The van der Waals surface area contributed by atoms with Crippen molar-refractivity contribution in [1.29, 1.82) is 0 Å². The lowest BCUT2D eigenvalue weighted by atomic mass is 9.96. The topological polar surface area (TPSA) is 50.1 Å². The Morgan fingerprint density at radius 3 is 2.62 bits per heavy atom. The lowest BCUT2D eigenvalue weighted by Gasteiger charge is -2.20. The highest BCUT2D eigenvalue weighted by Gasteiger charge is 2.14. The Kier molecular flexibility index (Phi) is 5.49. The van der Waals surface area contributed by atoms with Crippen LogP contribution in [0.15, 0.2) is 12.4 Å². The van der Waals surface area contributed by atoms with Crippen molar-refractivity contribution < 1.29 is 5.11 Å². The number of hydrogen-bond acceptors (Lipinski definition) is 3. The second-order valence-corrected chi connectivity index (χ2v) is 4.30. The van der Waals surface area contributed by atoms with E-state index in [9.17, 15) is 5.11 Å². The van der Waals surface area contributed by atoms with Crippen LogP contribution in [-0.4, -0.2) is 27.5 Å². The predicted molar refractivity (Wildman–Crippen MR) is 65.0 cm³/mol. The van der Waals surface area contributed by atoms with Crippen LogP contribution >= 0.6 is 0 Å². The van der Waals surface area contributed by atoms with Crippen LogP contribution in [0.4, 0.5) is 0 Å². The summed E-state index contributed by atoms with van der Waals surface area (Å²) < 4.78 is 1.79. The van der Waals surface area contributed by atoms with Crippen LogP contribution in [0.2, 0.25) is 0 Å². The summed E-state index contributed by atoms with van der Waals surface area (Å²) in [5, 5.41) is 17.3. The molecule has 4 nitrogen and oxygen atoms in total. The summed E-state index contributed by atoms with van der Waals surface area (Å²) in [4.78, 5) is 0. The van der Waals surface area contributed by atoms with Crippen LogP contribution < -0.4 is 5.32 Å². The average Bonchev–Trinajstić information content (AvgIpc) is 2.66. The number of aromatic nitrogens is 2. The molecule has 16 heavy (non-hydrogen) atoms. The summed E-state index contributed by atoms with van der Waals surface area (Å²) in [7, 11) is 1.91. The third-order valence-corrected chi connectivity index (χ3v) is 3.03. The summed E-state index contributed by atoms with van der Waals surface area (Å²) in [5.41, 5.74) is 1.15. The highest BCUT2D eigenvalue weighted by Crippen LogP contribution is 2.12. The molecule has 92 valence electrons. The van der Waals surface area contributed by atoms with Gasteiger partial charge in [0.1, 0.15) is 0 Å². The zero-order valence-corrected chi connectivity index (χ0v) is 10.5. The molecule has 2 N–H and O–H groups in total. The molecule has 0 radical (unpaired) electrons. The molecule has 0 aliphatic carbocycles. The molecule has 0 fully saturated rings. The molecule has 0 aromatic carbocycles. The van der Waals surface area contributed by atoms with E-state index >= 15 is 0 Å². The first kappa shape index (κ1) is 13.2. The number of aliphatic hydroxyl groups is 1. The maximum absolute atomic E-state index is 9.91. The summed E-state index contributed by atoms with van der Waals surface area (Å²) in [6.07, 6.45) is 5.65. The molecule has 0 bridgehead atoms. The van der Waals surface area contributed by atoms with E-state index in [1.165, 1.54) is 0 Å². The largest absolute Gasteiger partial charge is 0.392 e. The molecule has 1 heterocycles. The predicted octanol–water partition coefficient (Wildman–Crippen LogP) is 1.31.